The van der Waals surface area contributed by atoms with Crippen molar-refractivity contribution in [1.29, 1.82) is 0 Å². The molecule has 0 saturated carbocycles. The summed E-state index contributed by atoms with van der Waals surface area (Å²) in [6, 6.07) is 0. The van der Waals surface area contributed by atoms with Gasteiger partial charge in [-0.2, -0.15) is 0 Å². The molecule has 0 amide bonds. The molecular formula is C4H14NO7P. The van der Waals surface area contributed by atoms with E-state index in [1.54, 1.807) is 0 Å². The first-order valence-corrected chi connectivity index (χ1v) is 4.65. The number of hydrogen-bond donors (Lipinski definition) is 7. The molecule has 0 atom stereocenters. The van der Waals surface area contributed by atoms with Crippen LogP contribution in [0.2, 0.25) is 0 Å². The molecule has 13 heavy (non-hydrogen) atoms. The van der Waals surface area contributed by atoms with Crippen molar-refractivity contribution in [3.05, 3.63) is 0 Å². The van der Waals surface area contributed by atoms with Crippen molar-refractivity contribution in [2.45, 2.75) is 5.54 Å². The Morgan fingerprint density at radius 3 is 1.15 bits per heavy atom. The summed E-state index contributed by atoms with van der Waals surface area (Å²) in [5.41, 5.74) is 3.94. The third-order valence-corrected chi connectivity index (χ3v) is 0.945. The molecule has 8 N–H and O–H groups in total. The average Bonchev–Trinajstić information content (AvgIpc) is 2.00. The van der Waals surface area contributed by atoms with Crippen molar-refractivity contribution in [1.82, 2.24) is 0 Å². The molecule has 0 aromatic rings. The maximum absolute atomic E-state index is 8.88. The fourth-order valence-electron chi connectivity index (χ4n) is 0.150. The Kier molecular flexibility index (Phi) is 7.61. The van der Waals surface area contributed by atoms with E-state index in [0.29, 0.717) is 0 Å². The lowest BCUT2D eigenvalue weighted by Crippen LogP contribution is -2.50. The molecule has 0 rings (SSSR count). The van der Waals surface area contributed by atoms with Crippen LogP contribution in [0.4, 0.5) is 0 Å². The van der Waals surface area contributed by atoms with Crippen LogP contribution in [0.25, 0.3) is 0 Å². The van der Waals surface area contributed by atoms with Crippen molar-refractivity contribution in [2.75, 3.05) is 19.8 Å². The second kappa shape index (κ2) is 6.41. The number of aliphatic hydroxyl groups excluding tert-OH is 3. The fraction of sp³-hybridized carbons (Fsp3) is 1.00. The van der Waals surface area contributed by atoms with Gasteiger partial charge in [-0.1, -0.05) is 0 Å². The molecule has 0 spiro atoms. The molecule has 9 heteroatoms. The second-order valence-electron chi connectivity index (χ2n) is 2.35. The topological polar surface area (TPSA) is 164 Å². The third-order valence-electron chi connectivity index (χ3n) is 0.945. The average molecular weight is 219 g/mol. The first-order valence-electron chi connectivity index (χ1n) is 3.08. The molecule has 8 nitrogen and oxygen atoms in total. The predicted octanol–water partition coefficient (Wildman–Crippen LogP) is -3.27. The Morgan fingerprint density at radius 2 is 1.15 bits per heavy atom. The maximum atomic E-state index is 8.88. The van der Waals surface area contributed by atoms with Gasteiger partial charge in [0.25, 0.3) is 0 Å². The van der Waals surface area contributed by atoms with Crippen molar-refractivity contribution in [3.8, 4) is 0 Å². The summed E-state index contributed by atoms with van der Waals surface area (Å²) < 4.78 is 8.88. The van der Waals surface area contributed by atoms with Crippen molar-refractivity contribution < 1.29 is 34.6 Å². The minimum absolute atomic E-state index is 0.403. The minimum Gasteiger partial charge on any atom is -0.394 e. The molecule has 0 aromatic heterocycles. The molecular weight excluding hydrogens is 205 g/mol. The molecule has 0 aliphatic rings. The summed E-state index contributed by atoms with van der Waals surface area (Å²) in [6.07, 6.45) is 0. The highest BCUT2D eigenvalue weighted by Gasteiger charge is 2.20. The standard InChI is InChI=1S/C4H11NO3.H3O4P/c5-4(1-6,2-7)3-8;1-5(2,3)4/h6-8H,1-3,5H2;(H3,1,2,3,4). The van der Waals surface area contributed by atoms with Crippen LogP contribution < -0.4 is 5.73 Å². The Labute approximate surface area is 74.5 Å². The van der Waals surface area contributed by atoms with Crippen LogP contribution in [-0.2, 0) is 4.57 Å². The molecule has 0 aliphatic heterocycles. The van der Waals surface area contributed by atoms with Gasteiger partial charge >= 0.3 is 7.82 Å². The van der Waals surface area contributed by atoms with E-state index in [0.717, 1.165) is 0 Å². The third kappa shape index (κ3) is 14.8. The van der Waals surface area contributed by atoms with Crippen molar-refractivity contribution >= 4 is 7.82 Å². The van der Waals surface area contributed by atoms with Gasteiger partial charge < -0.3 is 35.7 Å². The van der Waals surface area contributed by atoms with Gasteiger partial charge in [-0.15, -0.1) is 0 Å². The van der Waals surface area contributed by atoms with Gasteiger partial charge in [0.1, 0.15) is 0 Å². The van der Waals surface area contributed by atoms with Crippen LogP contribution in [0.1, 0.15) is 0 Å². The zero-order valence-corrected chi connectivity index (χ0v) is 7.63. The second-order valence-corrected chi connectivity index (χ2v) is 3.38. The molecule has 0 saturated heterocycles. The van der Waals surface area contributed by atoms with E-state index in [2.05, 4.69) is 0 Å². The van der Waals surface area contributed by atoms with Gasteiger partial charge in [-0.25, -0.2) is 4.57 Å². The van der Waals surface area contributed by atoms with E-state index in [-0.39, 0.29) is 0 Å². The lowest BCUT2D eigenvalue weighted by molar-refractivity contribution is 0.0697. The lowest BCUT2D eigenvalue weighted by Gasteiger charge is -2.20. The molecule has 0 bridgehead atoms. The van der Waals surface area contributed by atoms with Crippen LogP contribution in [-0.4, -0.2) is 55.4 Å². The first-order chi connectivity index (χ1) is 5.68. The Morgan fingerprint density at radius 1 is 1.00 bits per heavy atom. The molecule has 0 fully saturated rings. The summed E-state index contributed by atoms with van der Waals surface area (Å²) in [4.78, 5) is 21.6. The number of hydrogen-bond acceptors (Lipinski definition) is 5. The van der Waals surface area contributed by atoms with E-state index >= 15 is 0 Å². The van der Waals surface area contributed by atoms with E-state index < -0.39 is 33.2 Å². The van der Waals surface area contributed by atoms with Crippen molar-refractivity contribution in [2.24, 2.45) is 5.73 Å². The van der Waals surface area contributed by atoms with E-state index in [1.165, 1.54) is 0 Å². The van der Waals surface area contributed by atoms with Crippen LogP contribution in [0.15, 0.2) is 0 Å². The predicted molar refractivity (Wildman–Crippen MR) is 42.4 cm³/mol. The maximum Gasteiger partial charge on any atom is 0.466 e. The summed E-state index contributed by atoms with van der Waals surface area (Å²) in [5, 5.41) is 25.0. The highest BCUT2D eigenvalue weighted by molar-refractivity contribution is 7.45. The Hall–Kier alpha value is -0.0500. The number of phosphoric acid groups is 1. The molecule has 0 aliphatic carbocycles. The first kappa shape index (κ1) is 15.4. The molecule has 0 radical (unpaired) electrons. The fourth-order valence-corrected chi connectivity index (χ4v) is 0.150. The molecule has 0 heterocycles. The number of rotatable bonds is 3. The summed E-state index contributed by atoms with van der Waals surface area (Å²) in [7, 11) is -4.64. The smallest absolute Gasteiger partial charge is 0.394 e. The largest absolute Gasteiger partial charge is 0.466 e. The van der Waals surface area contributed by atoms with Gasteiger partial charge in [-0.05, 0) is 0 Å². The van der Waals surface area contributed by atoms with Gasteiger partial charge in [-0.3, -0.25) is 0 Å². The lowest BCUT2D eigenvalue weighted by atomic mass is 10.1. The normalized spacial score (nSPS) is 11.9. The Balaban J connectivity index is 0. The van der Waals surface area contributed by atoms with Crippen LogP contribution >= 0.6 is 7.82 Å². The van der Waals surface area contributed by atoms with Gasteiger partial charge in [0.2, 0.25) is 0 Å². The van der Waals surface area contributed by atoms with E-state index in [4.69, 9.17) is 40.3 Å². The van der Waals surface area contributed by atoms with Gasteiger partial charge in [0, 0.05) is 0 Å². The van der Waals surface area contributed by atoms with Crippen LogP contribution in [0.5, 0.6) is 0 Å². The SMILES string of the molecule is NC(CO)(CO)CO.O=P(O)(O)O. The Bertz CT molecular complexity index is 147. The number of nitrogens with two attached hydrogens (primary N) is 1. The van der Waals surface area contributed by atoms with Gasteiger partial charge in [0.15, 0.2) is 0 Å². The van der Waals surface area contributed by atoms with Gasteiger partial charge in [0.05, 0.1) is 25.4 Å². The molecule has 0 unspecified atom stereocenters. The summed E-state index contributed by atoms with van der Waals surface area (Å²) in [6.45, 7) is -1.21. The summed E-state index contributed by atoms with van der Waals surface area (Å²) in [5.74, 6) is 0. The van der Waals surface area contributed by atoms with Crippen molar-refractivity contribution in [3.63, 3.8) is 0 Å². The van der Waals surface area contributed by atoms with Crippen LogP contribution in [0.3, 0.4) is 0 Å². The monoisotopic (exact) mass is 219 g/mol. The molecule has 0 aromatic carbocycles. The quantitative estimate of drug-likeness (QED) is 0.243. The van der Waals surface area contributed by atoms with E-state index in [9.17, 15) is 0 Å². The zero-order chi connectivity index (χ0) is 11.1. The highest BCUT2D eigenvalue weighted by Crippen LogP contribution is 2.25. The van der Waals surface area contributed by atoms with Crippen LogP contribution in [0, 0.1) is 0 Å². The summed E-state index contributed by atoms with van der Waals surface area (Å²) >= 11 is 0. The molecule has 82 valence electrons. The highest BCUT2D eigenvalue weighted by atomic mass is 31.2. The minimum atomic E-state index is -4.64. The zero-order valence-electron chi connectivity index (χ0n) is 6.74. The van der Waals surface area contributed by atoms with E-state index in [1.807, 2.05) is 0 Å². The number of aliphatic hydroxyl groups is 3.